The molecule has 6 nitrogen and oxygen atoms in total. The molecule has 0 spiro atoms. The van der Waals surface area contributed by atoms with Crippen LogP contribution in [-0.4, -0.2) is 55.7 Å². The van der Waals surface area contributed by atoms with E-state index in [1.54, 1.807) is 7.11 Å². The Hall–Kier alpha value is -2.34. The second-order valence-electron chi connectivity index (χ2n) is 7.66. The van der Waals surface area contributed by atoms with Crippen LogP contribution in [0, 0.1) is 0 Å². The van der Waals surface area contributed by atoms with E-state index in [9.17, 15) is 0 Å². The van der Waals surface area contributed by atoms with E-state index in [1.807, 2.05) is 6.07 Å². The topological polar surface area (TPSA) is 53.5 Å². The van der Waals surface area contributed by atoms with Gasteiger partial charge in [0.1, 0.15) is 23.2 Å². The minimum absolute atomic E-state index is 0.292. The lowest BCUT2D eigenvalue weighted by Crippen LogP contribution is -2.31. The van der Waals surface area contributed by atoms with Crippen LogP contribution < -0.4 is 15.0 Å². The maximum atomic E-state index is 5.36. The van der Waals surface area contributed by atoms with Crippen LogP contribution in [0.15, 0.2) is 24.3 Å². The number of hydrogen-bond acceptors (Lipinski definition) is 6. The standard InChI is InChI=1S/C21H31N5O/c1-15(2)21-23-19(22-9-11-25(3)4)13-20(24-21)26-10-8-16-12-18(27-5)7-6-17(16)14-26/h6-7,12-13,15H,8-11,14H2,1-5H3,(H,22,23,24). The molecule has 3 rings (SSSR count). The Kier molecular flexibility index (Phi) is 6.16. The number of anilines is 2. The molecule has 6 heteroatoms. The van der Waals surface area contributed by atoms with Gasteiger partial charge in [0, 0.05) is 38.2 Å². The summed E-state index contributed by atoms with van der Waals surface area (Å²) in [6.07, 6.45) is 0.997. The first-order valence-electron chi connectivity index (χ1n) is 9.64. The average Bonchev–Trinajstić information content (AvgIpc) is 2.66. The van der Waals surface area contributed by atoms with E-state index in [1.165, 1.54) is 11.1 Å². The molecule has 1 N–H and O–H groups in total. The number of rotatable bonds is 7. The monoisotopic (exact) mass is 369 g/mol. The molecule has 0 fully saturated rings. The Morgan fingerprint density at radius 1 is 1.19 bits per heavy atom. The fourth-order valence-electron chi connectivity index (χ4n) is 3.22. The van der Waals surface area contributed by atoms with Crippen LogP contribution in [0.5, 0.6) is 5.75 Å². The molecule has 0 bridgehead atoms. The smallest absolute Gasteiger partial charge is 0.135 e. The van der Waals surface area contributed by atoms with Crippen LogP contribution in [0.2, 0.25) is 0 Å². The highest BCUT2D eigenvalue weighted by atomic mass is 16.5. The molecular formula is C21H31N5O. The summed E-state index contributed by atoms with van der Waals surface area (Å²) in [4.78, 5) is 14.1. The summed E-state index contributed by atoms with van der Waals surface area (Å²) in [6, 6.07) is 8.44. The maximum absolute atomic E-state index is 5.36. The average molecular weight is 370 g/mol. The summed E-state index contributed by atoms with van der Waals surface area (Å²) in [5.41, 5.74) is 2.71. The Bertz CT molecular complexity index is 775. The Morgan fingerprint density at radius 2 is 2.00 bits per heavy atom. The van der Waals surface area contributed by atoms with Crippen LogP contribution in [-0.2, 0) is 13.0 Å². The molecule has 1 aliphatic rings. The third kappa shape index (κ3) is 4.89. The zero-order valence-electron chi connectivity index (χ0n) is 17.1. The molecule has 1 aromatic heterocycles. The first-order valence-corrected chi connectivity index (χ1v) is 9.64. The third-order valence-corrected chi connectivity index (χ3v) is 4.86. The van der Waals surface area contributed by atoms with Crippen molar-refractivity contribution in [2.75, 3.05) is 51.1 Å². The van der Waals surface area contributed by atoms with Gasteiger partial charge in [-0.15, -0.1) is 0 Å². The molecule has 0 saturated heterocycles. The number of nitrogens with one attached hydrogen (secondary N) is 1. The number of ether oxygens (including phenoxy) is 1. The molecular weight excluding hydrogens is 338 g/mol. The van der Waals surface area contributed by atoms with Gasteiger partial charge < -0.3 is 19.9 Å². The quantitative estimate of drug-likeness (QED) is 0.809. The van der Waals surface area contributed by atoms with E-state index in [0.717, 1.165) is 55.8 Å². The van der Waals surface area contributed by atoms with Crippen molar-refractivity contribution in [3.63, 3.8) is 0 Å². The number of likely N-dealkylation sites (N-methyl/N-ethyl adjacent to an activating group) is 1. The largest absolute Gasteiger partial charge is 0.497 e. The Balaban J connectivity index is 1.81. The molecule has 27 heavy (non-hydrogen) atoms. The minimum Gasteiger partial charge on any atom is -0.497 e. The molecule has 2 heterocycles. The van der Waals surface area contributed by atoms with E-state index in [-0.39, 0.29) is 0 Å². The fourth-order valence-corrected chi connectivity index (χ4v) is 3.22. The highest BCUT2D eigenvalue weighted by molar-refractivity contribution is 5.52. The predicted octanol–water partition coefficient (Wildman–Crippen LogP) is 3.14. The Labute approximate surface area is 162 Å². The summed E-state index contributed by atoms with van der Waals surface area (Å²) in [6.45, 7) is 7.93. The predicted molar refractivity (Wildman–Crippen MR) is 111 cm³/mol. The summed E-state index contributed by atoms with van der Waals surface area (Å²) in [5, 5.41) is 3.45. The fraction of sp³-hybridized carbons (Fsp3) is 0.524. The van der Waals surface area contributed by atoms with Crippen molar-refractivity contribution < 1.29 is 4.74 Å². The van der Waals surface area contributed by atoms with Gasteiger partial charge in [-0.3, -0.25) is 0 Å². The van der Waals surface area contributed by atoms with Gasteiger partial charge in [-0.25, -0.2) is 9.97 Å². The van der Waals surface area contributed by atoms with Gasteiger partial charge in [-0.1, -0.05) is 19.9 Å². The van der Waals surface area contributed by atoms with E-state index < -0.39 is 0 Å². The maximum Gasteiger partial charge on any atom is 0.135 e. The van der Waals surface area contributed by atoms with Gasteiger partial charge in [0.2, 0.25) is 0 Å². The van der Waals surface area contributed by atoms with E-state index in [4.69, 9.17) is 14.7 Å². The van der Waals surface area contributed by atoms with Crippen molar-refractivity contribution >= 4 is 11.6 Å². The molecule has 146 valence electrons. The summed E-state index contributed by atoms with van der Waals surface area (Å²) in [5.74, 6) is 4.02. The number of hydrogen-bond donors (Lipinski definition) is 1. The van der Waals surface area contributed by atoms with Gasteiger partial charge >= 0.3 is 0 Å². The Morgan fingerprint density at radius 3 is 2.70 bits per heavy atom. The normalized spacial score (nSPS) is 13.8. The van der Waals surface area contributed by atoms with Gasteiger partial charge in [0.25, 0.3) is 0 Å². The highest BCUT2D eigenvalue weighted by Crippen LogP contribution is 2.28. The SMILES string of the molecule is COc1ccc2c(c1)CCN(c1cc(NCCN(C)C)nc(C(C)C)n1)C2. The van der Waals surface area contributed by atoms with Crippen molar-refractivity contribution in [2.24, 2.45) is 0 Å². The van der Waals surface area contributed by atoms with Crippen LogP contribution in [0.3, 0.4) is 0 Å². The van der Waals surface area contributed by atoms with E-state index in [0.29, 0.717) is 5.92 Å². The molecule has 1 aromatic carbocycles. The molecule has 2 aromatic rings. The zero-order chi connectivity index (χ0) is 19.4. The lowest BCUT2D eigenvalue weighted by molar-refractivity contribution is 0.413. The van der Waals surface area contributed by atoms with Crippen molar-refractivity contribution in [2.45, 2.75) is 32.7 Å². The van der Waals surface area contributed by atoms with Crippen molar-refractivity contribution in [1.82, 2.24) is 14.9 Å². The van der Waals surface area contributed by atoms with Gasteiger partial charge in [-0.2, -0.15) is 0 Å². The van der Waals surface area contributed by atoms with Gasteiger partial charge in [-0.05, 0) is 43.8 Å². The zero-order valence-corrected chi connectivity index (χ0v) is 17.1. The minimum atomic E-state index is 0.292. The molecule has 0 radical (unpaired) electrons. The van der Waals surface area contributed by atoms with Crippen LogP contribution in [0.25, 0.3) is 0 Å². The van der Waals surface area contributed by atoms with Crippen LogP contribution in [0.4, 0.5) is 11.6 Å². The molecule has 1 aliphatic heterocycles. The second-order valence-corrected chi connectivity index (χ2v) is 7.66. The van der Waals surface area contributed by atoms with Gasteiger partial charge in [0.05, 0.1) is 7.11 Å². The van der Waals surface area contributed by atoms with E-state index >= 15 is 0 Å². The number of methoxy groups -OCH3 is 1. The van der Waals surface area contributed by atoms with Crippen molar-refractivity contribution in [3.05, 3.63) is 41.2 Å². The van der Waals surface area contributed by atoms with Crippen LogP contribution in [0.1, 0.15) is 36.7 Å². The second kappa shape index (κ2) is 8.57. The number of aromatic nitrogens is 2. The molecule has 0 saturated carbocycles. The highest BCUT2D eigenvalue weighted by Gasteiger charge is 2.20. The first-order chi connectivity index (χ1) is 13.0. The summed E-state index contributed by atoms with van der Waals surface area (Å²) < 4.78 is 5.36. The number of nitrogens with zero attached hydrogens (tertiary/aromatic N) is 4. The van der Waals surface area contributed by atoms with Crippen molar-refractivity contribution in [1.29, 1.82) is 0 Å². The molecule has 0 unspecified atom stereocenters. The lowest BCUT2D eigenvalue weighted by atomic mass is 9.99. The molecule has 0 amide bonds. The summed E-state index contributed by atoms with van der Waals surface area (Å²) >= 11 is 0. The first kappa shape index (κ1) is 19.4. The number of fused-ring (bicyclic) bond motifs is 1. The van der Waals surface area contributed by atoms with Gasteiger partial charge in [0.15, 0.2) is 0 Å². The molecule has 0 aliphatic carbocycles. The third-order valence-electron chi connectivity index (χ3n) is 4.86. The van der Waals surface area contributed by atoms with Crippen molar-refractivity contribution in [3.8, 4) is 5.75 Å². The lowest BCUT2D eigenvalue weighted by Gasteiger charge is -2.30. The van der Waals surface area contributed by atoms with E-state index in [2.05, 4.69) is 61.3 Å². The summed E-state index contributed by atoms with van der Waals surface area (Å²) in [7, 11) is 5.87. The van der Waals surface area contributed by atoms with Crippen LogP contribution >= 0.6 is 0 Å². The number of benzene rings is 1. The molecule has 0 atom stereocenters.